The highest BCUT2D eigenvalue weighted by Gasteiger charge is 1.98. The van der Waals surface area contributed by atoms with Crippen LogP contribution in [-0.4, -0.2) is 18.5 Å². The summed E-state index contributed by atoms with van der Waals surface area (Å²) in [6, 6.07) is 0. The fourth-order valence-electron chi connectivity index (χ4n) is 1.22. The highest BCUT2D eigenvalue weighted by Crippen LogP contribution is 2.07. The van der Waals surface area contributed by atoms with Crippen molar-refractivity contribution in [1.29, 1.82) is 0 Å². The normalized spacial score (nSPS) is 17.2. The molecule has 66 valence electrons. The van der Waals surface area contributed by atoms with Crippen LogP contribution in [0.15, 0.2) is 36.1 Å². The molecule has 0 aromatic heterocycles. The van der Waals surface area contributed by atoms with Crippen molar-refractivity contribution in [3.8, 4) is 0 Å². The van der Waals surface area contributed by atoms with Crippen LogP contribution in [0.25, 0.3) is 0 Å². The molecule has 1 nitrogen and oxygen atoms in total. The Balaban J connectivity index is 2.42. The van der Waals surface area contributed by atoms with Crippen LogP contribution in [-0.2, 0) is 0 Å². The van der Waals surface area contributed by atoms with Crippen LogP contribution >= 0.6 is 0 Å². The zero-order chi connectivity index (χ0) is 8.81. The molecule has 1 aliphatic heterocycles. The zero-order valence-corrected chi connectivity index (χ0v) is 7.96. The minimum Gasteiger partial charge on any atom is -0.376 e. The predicted octanol–water partition coefficient (Wildman–Crippen LogP) is 2.73. The minimum absolute atomic E-state index is 1.04. The van der Waals surface area contributed by atoms with Crippen LogP contribution in [0.2, 0.25) is 0 Å². The largest absolute Gasteiger partial charge is 0.376 e. The van der Waals surface area contributed by atoms with E-state index in [-0.39, 0.29) is 0 Å². The van der Waals surface area contributed by atoms with Gasteiger partial charge in [-0.05, 0) is 24.3 Å². The van der Waals surface area contributed by atoms with Crippen molar-refractivity contribution in [2.24, 2.45) is 0 Å². The molecule has 0 unspecified atom stereocenters. The second kappa shape index (κ2) is 4.81. The second-order valence-electron chi connectivity index (χ2n) is 3.19. The highest BCUT2D eigenvalue weighted by molar-refractivity contribution is 5.28. The smallest absolute Gasteiger partial charge is 0.0420 e. The first-order valence-corrected chi connectivity index (χ1v) is 4.57. The molecule has 0 amide bonds. The molecule has 0 aromatic rings. The van der Waals surface area contributed by atoms with Gasteiger partial charge in [-0.2, -0.15) is 0 Å². The monoisotopic (exact) mass is 163 g/mol. The van der Waals surface area contributed by atoms with E-state index in [4.69, 9.17) is 0 Å². The molecule has 1 rings (SSSR count). The number of hydrogen-bond acceptors (Lipinski definition) is 1. The van der Waals surface area contributed by atoms with E-state index in [1.54, 1.807) is 0 Å². The van der Waals surface area contributed by atoms with E-state index in [2.05, 4.69) is 49.4 Å². The van der Waals surface area contributed by atoms with Crippen molar-refractivity contribution in [3.05, 3.63) is 36.1 Å². The van der Waals surface area contributed by atoms with Crippen molar-refractivity contribution in [1.82, 2.24) is 4.90 Å². The standard InChI is InChI=1S/C11H17N/c1-3-4-5-7-11-8-6-9-12(2)10-11/h5-9H,3-4,10H2,1-2H3/b7-5+. The molecule has 0 aromatic carbocycles. The summed E-state index contributed by atoms with van der Waals surface area (Å²) < 4.78 is 0. The molecular weight excluding hydrogens is 146 g/mol. The lowest BCUT2D eigenvalue weighted by atomic mass is 10.1. The van der Waals surface area contributed by atoms with E-state index in [1.165, 1.54) is 18.4 Å². The molecule has 0 fully saturated rings. The summed E-state index contributed by atoms with van der Waals surface area (Å²) in [7, 11) is 2.09. The van der Waals surface area contributed by atoms with Gasteiger partial charge in [0.1, 0.15) is 0 Å². The average Bonchev–Trinajstić information content (AvgIpc) is 2.05. The zero-order valence-electron chi connectivity index (χ0n) is 7.96. The molecule has 0 atom stereocenters. The second-order valence-corrected chi connectivity index (χ2v) is 3.19. The van der Waals surface area contributed by atoms with E-state index >= 15 is 0 Å². The first-order chi connectivity index (χ1) is 5.83. The van der Waals surface area contributed by atoms with Crippen molar-refractivity contribution >= 4 is 0 Å². The molecule has 0 spiro atoms. The lowest BCUT2D eigenvalue weighted by Gasteiger charge is -2.17. The van der Waals surface area contributed by atoms with Gasteiger partial charge >= 0.3 is 0 Å². The van der Waals surface area contributed by atoms with Crippen molar-refractivity contribution in [3.63, 3.8) is 0 Å². The number of nitrogens with zero attached hydrogens (tertiary/aromatic N) is 1. The van der Waals surface area contributed by atoms with Gasteiger partial charge in [0.2, 0.25) is 0 Å². The number of hydrogen-bond donors (Lipinski definition) is 0. The van der Waals surface area contributed by atoms with E-state index < -0.39 is 0 Å². The number of likely N-dealkylation sites (N-methyl/N-ethyl adjacent to an activating group) is 1. The highest BCUT2D eigenvalue weighted by atomic mass is 15.1. The van der Waals surface area contributed by atoms with E-state index in [0.717, 1.165) is 6.54 Å². The summed E-state index contributed by atoms with van der Waals surface area (Å²) in [6.45, 7) is 3.24. The van der Waals surface area contributed by atoms with Crippen molar-refractivity contribution in [2.75, 3.05) is 13.6 Å². The topological polar surface area (TPSA) is 3.24 Å². The fourth-order valence-corrected chi connectivity index (χ4v) is 1.22. The summed E-state index contributed by atoms with van der Waals surface area (Å²) in [5, 5.41) is 0. The van der Waals surface area contributed by atoms with Crippen LogP contribution in [0.1, 0.15) is 19.8 Å². The van der Waals surface area contributed by atoms with Crippen molar-refractivity contribution < 1.29 is 0 Å². The molecule has 0 N–H and O–H groups in total. The maximum atomic E-state index is 2.25. The van der Waals surface area contributed by atoms with Gasteiger partial charge in [0.25, 0.3) is 0 Å². The summed E-state index contributed by atoms with van der Waals surface area (Å²) in [5.41, 5.74) is 1.40. The number of rotatable bonds is 3. The number of unbranched alkanes of at least 4 members (excludes halogenated alkanes) is 1. The summed E-state index contributed by atoms with van der Waals surface area (Å²) in [5.74, 6) is 0. The Morgan fingerprint density at radius 2 is 2.42 bits per heavy atom. The Labute approximate surface area is 75.1 Å². The third-order valence-electron chi connectivity index (χ3n) is 1.87. The first kappa shape index (κ1) is 9.11. The van der Waals surface area contributed by atoms with Gasteiger partial charge in [-0.1, -0.05) is 31.6 Å². The van der Waals surface area contributed by atoms with Gasteiger partial charge in [-0.15, -0.1) is 0 Å². The maximum absolute atomic E-state index is 2.25. The third-order valence-corrected chi connectivity index (χ3v) is 1.87. The Morgan fingerprint density at radius 1 is 1.58 bits per heavy atom. The maximum Gasteiger partial charge on any atom is 0.0420 e. The van der Waals surface area contributed by atoms with Crippen molar-refractivity contribution in [2.45, 2.75) is 19.8 Å². The quantitative estimate of drug-likeness (QED) is 0.618. The molecular formula is C11H17N. The Bertz CT molecular complexity index is 211. The fraction of sp³-hybridized carbons (Fsp3) is 0.455. The van der Waals surface area contributed by atoms with Gasteiger partial charge in [-0.25, -0.2) is 0 Å². The molecule has 1 heterocycles. The van der Waals surface area contributed by atoms with Gasteiger partial charge in [0.05, 0.1) is 0 Å². The average molecular weight is 163 g/mol. The van der Waals surface area contributed by atoms with E-state index in [1.807, 2.05) is 0 Å². The lowest BCUT2D eigenvalue weighted by molar-refractivity contribution is 0.495. The summed E-state index contributed by atoms with van der Waals surface area (Å²) in [4.78, 5) is 2.19. The van der Waals surface area contributed by atoms with Crippen LogP contribution in [0, 0.1) is 0 Å². The molecule has 0 bridgehead atoms. The molecule has 12 heavy (non-hydrogen) atoms. The Hall–Kier alpha value is -0.980. The molecule has 0 saturated carbocycles. The Morgan fingerprint density at radius 3 is 3.08 bits per heavy atom. The van der Waals surface area contributed by atoms with Crippen LogP contribution in [0.4, 0.5) is 0 Å². The molecule has 0 aliphatic carbocycles. The van der Waals surface area contributed by atoms with Gasteiger partial charge in [-0.3, -0.25) is 0 Å². The molecule has 1 aliphatic rings. The summed E-state index contributed by atoms with van der Waals surface area (Å²) in [6.07, 6.45) is 13.3. The minimum atomic E-state index is 1.04. The van der Waals surface area contributed by atoms with E-state index in [9.17, 15) is 0 Å². The summed E-state index contributed by atoms with van der Waals surface area (Å²) >= 11 is 0. The van der Waals surface area contributed by atoms with Crippen LogP contribution < -0.4 is 0 Å². The number of allylic oxidation sites excluding steroid dienone is 3. The van der Waals surface area contributed by atoms with Crippen LogP contribution in [0.5, 0.6) is 0 Å². The Kier molecular flexibility index (Phi) is 3.65. The van der Waals surface area contributed by atoms with E-state index in [0.29, 0.717) is 0 Å². The van der Waals surface area contributed by atoms with Gasteiger partial charge < -0.3 is 4.90 Å². The van der Waals surface area contributed by atoms with Gasteiger partial charge in [0.15, 0.2) is 0 Å². The van der Waals surface area contributed by atoms with Crippen LogP contribution in [0.3, 0.4) is 0 Å². The molecule has 1 heteroatoms. The van der Waals surface area contributed by atoms with Gasteiger partial charge in [0, 0.05) is 13.6 Å². The SMILES string of the molecule is CCC/C=C/C1=CC=CN(C)C1. The lowest BCUT2D eigenvalue weighted by Crippen LogP contribution is -2.15. The predicted molar refractivity (Wildman–Crippen MR) is 53.9 cm³/mol. The third kappa shape index (κ3) is 2.95. The molecule has 0 saturated heterocycles. The molecule has 0 radical (unpaired) electrons. The first-order valence-electron chi connectivity index (χ1n) is 4.57.